The van der Waals surface area contributed by atoms with Crippen LogP contribution in [0.5, 0.6) is 0 Å². The quantitative estimate of drug-likeness (QED) is 0.861. The number of carbonyl (C=O) groups excluding carboxylic acids is 1. The summed E-state index contributed by atoms with van der Waals surface area (Å²) in [5, 5.41) is 2.94. The van der Waals surface area contributed by atoms with Crippen LogP contribution in [0, 0.1) is 17.8 Å². The Labute approximate surface area is 133 Å². The van der Waals surface area contributed by atoms with E-state index in [9.17, 15) is 4.79 Å². The Bertz CT molecular complexity index is 571. The number of amides is 1. The summed E-state index contributed by atoms with van der Waals surface area (Å²) in [6.45, 7) is 2.34. The zero-order chi connectivity index (χ0) is 15.9. The molecule has 1 amide bonds. The van der Waals surface area contributed by atoms with Crippen molar-refractivity contribution < 1.29 is 4.79 Å². The van der Waals surface area contributed by atoms with E-state index in [1.54, 1.807) is 0 Å². The highest BCUT2D eigenvalue weighted by Gasteiger charge is 2.23. The van der Waals surface area contributed by atoms with Crippen molar-refractivity contribution in [3.63, 3.8) is 0 Å². The highest BCUT2D eigenvalue weighted by molar-refractivity contribution is 5.79. The Hall–Kier alpha value is -1.99. The van der Waals surface area contributed by atoms with E-state index in [1.165, 1.54) is 0 Å². The van der Waals surface area contributed by atoms with Crippen molar-refractivity contribution in [2.24, 2.45) is 5.92 Å². The Morgan fingerprint density at radius 2 is 2.18 bits per heavy atom. The summed E-state index contributed by atoms with van der Waals surface area (Å²) in [6.07, 6.45) is 2.07. The minimum atomic E-state index is 0.106. The van der Waals surface area contributed by atoms with Crippen molar-refractivity contribution in [2.75, 3.05) is 45.7 Å². The molecule has 0 radical (unpaired) electrons. The molecule has 4 heteroatoms. The van der Waals surface area contributed by atoms with Gasteiger partial charge in [-0.2, -0.15) is 0 Å². The maximum atomic E-state index is 12.1. The zero-order valence-corrected chi connectivity index (χ0v) is 13.7. The van der Waals surface area contributed by atoms with Gasteiger partial charge in [0.2, 0.25) is 5.91 Å². The van der Waals surface area contributed by atoms with Gasteiger partial charge in [-0.05, 0) is 38.6 Å². The van der Waals surface area contributed by atoms with Crippen molar-refractivity contribution in [3.05, 3.63) is 29.8 Å². The molecule has 0 aliphatic carbocycles. The minimum absolute atomic E-state index is 0.106. The van der Waals surface area contributed by atoms with Crippen LogP contribution in [0.15, 0.2) is 24.3 Å². The third-order valence-electron chi connectivity index (χ3n) is 3.96. The predicted octanol–water partition coefficient (Wildman–Crippen LogP) is 1.56. The van der Waals surface area contributed by atoms with Gasteiger partial charge in [0.05, 0.1) is 18.2 Å². The van der Waals surface area contributed by atoms with Crippen molar-refractivity contribution in [3.8, 4) is 11.8 Å². The second-order valence-corrected chi connectivity index (χ2v) is 6.03. The molecule has 1 saturated heterocycles. The molecule has 1 aliphatic rings. The fraction of sp³-hybridized carbons (Fsp3) is 0.500. The molecule has 1 atom stereocenters. The number of anilines is 1. The Morgan fingerprint density at radius 1 is 1.41 bits per heavy atom. The van der Waals surface area contributed by atoms with E-state index in [-0.39, 0.29) is 11.8 Å². The Morgan fingerprint density at radius 3 is 2.91 bits per heavy atom. The molecule has 0 aromatic heterocycles. The Balaban J connectivity index is 1.88. The van der Waals surface area contributed by atoms with Crippen LogP contribution in [0.4, 0.5) is 5.69 Å². The number of likely N-dealkylation sites (tertiary alicyclic amines) is 1. The molecular formula is C18H25N3O. The monoisotopic (exact) mass is 299 g/mol. The summed E-state index contributed by atoms with van der Waals surface area (Å²) in [4.78, 5) is 16.4. The molecule has 1 N–H and O–H groups in total. The van der Waals surface area contributed by atoms with Crippen molar-refractivity contribution in [1.29, 1.82) is 0 Å². The fourth-order valence-electron chi connectivity index (χ4n) is 2.76. The number of hydrogen-bond acceptors (Lipinski definition) is 3. The number of hydrogen-bond donors (Lipinski definition) is 1. The summed E-state index contributed by atoms with van der Waals surface area (Å²) in [5.41, 5.74) is 2.08. The normalized spacial score (nSPS) is 18.2. The first-order valence-electron chi connectivity index (χ1n) is 7.79. The van der Waals surface area contributed by atoms with Crippen molar-refractivity contribution in [1.82, 2.24) is 10.2 Å². The molecule has 0 saturated carbocycles. The summed E-state index contributed by atoms with van der Waals surface area (Å²) >= 11 is 0. The lowest BCUT2D eigenvalue weighted by atomic mass is 9.98. The molecule has 1 aliphatic heterocycles. The van der Waals surface area contributed by atoms with Crippen LogP contribution < -0.4 is 10.2 Å². The smallest absolute Gasteiger partial charge is 0.225 e. The maximum Gasteiger partial charge on any atom is 0.225 e. The third-order valence-corrected chi connectivity index (χ3v) is 3.96. The Kier molecular flexibility index (Phi) is 5.85. The molecule has 0 spiro atoms. The van der Waals surface area contributed by atoms with Gasteiger partial charge in [-0.15, -0.1) is 0 Å². The molecule has 22 heavy (non-hydrogen) atoms. The molecule has 1 heterocycles. The van der Waals surface area contributed by atoms with Gasteiger partial charge in [0, 0.05) is 26.2 Å². The van der Waals surface area contributed by atoms with Crippen LogP contribution in [0.1, 0.15) is 18.4 Å². The first-order chi connectivity index (χ1) is 10.6. The minimum Gasteiger partial charge on any atom is -0.377 e. The molecule has 1 aromatic carbocycles. The largest absolute Gasteiger partial charge is 0.377 e. The second kappa shape index (κ2) is 7.86. The molecular weight excluding hydrogens is 274 g/mol. The van der Waals surface area contributed by atoms with E-state index in [1.807, 2.05) is 43.3 Å². The van der Waals surface area contributed by atoms with Crippen LogP contribution in [0.3, 0.4) is 0 Å². The van der Waals surface area contributed by atoms with Gasteiger partial charge in [0.1, 0.15) is 0 Å². The number of nitrogens with one attached hydrogen (secondary N) is 1. The van der Waals surface area contributed by atoms with Crippen LogP contribution >= 0.6 is 0 Å². The van der Waals surface area contributed by atoms with E-state index in [0.717, 1.165) is 37.2 Å². The van der Waals surface area contributed by atoms with Gasteiger partial charge in [0.25, 0.3) is 0 Å². The van der Waals surface area contributed by atoms with Crippen LogP contribution in [-0.2, 0) is 4.79 Å². The highest BCUT2D eigenvalue weighted by atomic mass is 16.1. The van der Waals surface area contributed by atoms with Gasteiger partial charge in [0.15, 0.2) is 0 Å². The summed E-state index contributed by atoms with van der Waals surface area (Å²) in [6, 6.07) is 8.02. The molecule has 4 nitrogen and oxygen atoms in total. The van der Waals surface area contributed by atoms with E-state index < -0.39 is 0 Å². The van der Waals surface area contributed by atoms with Gasteiger partial charge < -0.3 is 15.1 Å². The number of carbonyl (C=O) groups is 1. The highest BCUT2D eigenvalue weighted by Crippen LogP contribution is 2.16. The fourth-order valence-corrected chi connectivity index (χ4v) is 2.76. The van der Waals surface area contributed by atoms with Crippen LogP contribution in [0.25, 0.3) is 0 Å². The topological polar surface area (TPSA) is 35.6 Å². The lowest BCUT2D eigenvalue weighted by Gasteiger charge is -2.28. The van der Waals surface area contributed by atoms with E-state index >= 15 is 0 Å². The average molecular weight is 299 g/mol. The molecule has 1 unspecified atom stereocenters. The molecule has 118 valence electrons. The number of para-hydroxylation sites is 1. The van der Waals surface area contributed by atoms with E-state index in [0.29, 0.717) is 6.54 Å². The lowest BCUT2D eigenvalue weighted by molar-refractivity contribution is -0.126. The van der Waals surface area contributed by atoms with Gasteiger partial charge in [-0.3, -0.25) is 4.79 Å². The number of nitrogens with zero attached hydrogens (tertiary/aromatic N) is 2. The molecule has 2 rings (SSSR count). The first kappa shape index (κ1) is 16.4. The van der Waals surface area contributed by atoms with E-state index in [4.69, 9.17) is 0 Å². The average Bonchev–Trinajstić information content (AvgIpc) is 2.51. The first-order valence-corrected chi connectivity index (χ1v) is 7.79. The van der Waals surface area contributed by atoms with Gasteiger partial charge in [-0.25, -0.2) is 0 Å². The van der Waals surface area contributed by atoms with Crippen molar-refractivity contribution >= 4 is 11.6 Å². The zero-order valence-electron chi connectivity index (χ0n) is 13.7. The van der Waals surface area contributed by atoms with Crippen LogP contribution in [0.2, 0.25) is 0 Å². The lowest BCUT2D eigenvalue weighted by Crippen LogP contribution is -2.41. The summed E-state index contributed by atoms with van der Waals surface area (Å²) < 4.78 is 0. The number of benzene rings is 1. The van der Waals surface area contributed by atoms with Gasteiger partial charge >= 0.3 is 0 Å². The molecule has 1 fully saturated rings. The summed E-state index contributed by atoms with van der Waals surface area (Å²) in [7, 11) is 6.07. The van der Waals surface area contributed by atoms with Crippen LogP contribution in [-0.4, -0.2) is 51.6 Å². The third kappa shape index (κ3) is 4.51. The standard InChI is InChI=1S/C18H25N3O/c1-20(2)17-11-5-4-8-15(17)9-6-12-19-18(22)16-10-7-13-21(3)14-16/h4-5,8,11,16H,7,10,12-14H2,1-3H3,(H,19,22). The molecule has 1 aromatic rings. The number of piperidine rings is 1. The number of rotatable bonds is 3. The molecule has 0 bridgehead atoms. The maximum absolute atomic E-state index is 12.1. The SMILES string of the molecule is CN1CCCC(C(=O)NCC#Cc2ccccc2N(C)C)C1. The summed E-state index contributed by atoms with van der Waals surface area (Å²) in [5.74, 6) is 6.43. The van der Waals surface area contributed by atoms with E-state index in [2.05, 4.69) is 29.1 Å². The second-order valence-electron chi connectivity index (χ2n) is 6.03. The predicted molar refractivity (Wildman–Crippen MR) is 90.9 cm³/mol. The van der Waals surface area contributed by atoms with Gasteiger partial charge in [-0.1, -0.05) is 24.0 Å². The van der Waals surface area contributed by atoms with Crippen molar-refractivity contribution in [2.45, 2.75) is 12.8 Å².